The summed E-state index contributed by atoms with van der Waals surface area (Å²) in [6.45, 7) is 3.30. The highest BCUT2D eigenvalue weighted by atomic mass is 16.5. The van der Waals surface area contributed by atoms with Gasteiger partial charge >= 0.3 is 5.97 Å². The molecule has 0 N–H and O–H groups in total. The molecule has 0 aromatic carbocycles. The maximum atomic E-state index is 11.2. The van der Waals surface area contributed by atoms with Crippen LogP contribution in [0.5, 0.6) is 0 Å². The van der Waals surface area contributed by atoms with Crippen LogP contribution >= 0.6 is 0 Å². The van der Waals surface area contributed by atoms with Crippen molar-refractivity contribution in [2.45, 2.75) is 12.8 Å². The van der Waals surface area contributed by atoms with Crippen LogP contribution in [0.15, 0.2) is 0 Å². The number of esters is 1. The topological polar surface area (TPSA) is 29.5 Å². The van der Waals surface area contributed by atoms with Crippen LogP contribution in [-0.4, -0.2) is 37.6 Å². The lowest BCUT2D eigenvalue weighted by atomic mass is 9.91. The Balaban J connectivity index is 1.98. The number of fused-ring (bicyclic) bond motifs is 2. The summed E-state index contributed by atoms with van der Waals surface area (Å²) in [4.78, 5) is 13.6. The van der Waals surface area contributed by atoms with Gasteiger partial charge in [-0.3, -0.25) is 4.79 Å². The molecule has 0 aromatic rings. The summed E-state index contributed by atoms with van der Waals surface area (Å²) >= 11 is 0. The first kappa shape index (κ1) is 8.05. The number of carbonyl (C=O) groups is 1. The van der Waals surface area contributed by atoms with Crippen LogP contribution in [0.3, 0.4) is 0 Å². The van der Waals surface area contributed by atoms with E-state index in [4.69, 9.17) is 4.74 Å². The number of piperidine rings is 1. The Hall–Kier alpha value is -0.570. The first-order valence-corrected chi connectivity index (χ1v) is 4.60. The highest BCUT2D eigenvalue weighted by Crippen LogP contribution is 2.30. The molecule has 0 aliphatic carbocycles. The van der Waals surface area contributed by atoms with Crippen molar-refractivity contribution in [2.75, 3.05) is 26.7 Å². The molecule has 1 unspecified atom stereocenters. The molecule has 0 aromatic heterocycles. The number of hydrogen-bond acceptors (Lipinski definition) is 3. The Morgan fingerprint density at radius 3 is 3.00 bits per heavy atom. The zero-order valence-corrected chi connectivity index (χ0v) is 7.45. The molecular weight excluding hydrogens is 154 g/mol. The lowest BCUT2D eigenvalue weighted by Crippen LogP contribution is -2.37. The minimum atomic E-state index is -0.0217. The number of rotatable bonds is 1. The van der Waals surface area contributed by atoms with Gasteiger partial charge in [-0.05, 0) is 25.3 Å². The number of ether oxygens (including phenoxy) is 1. The van der Waals surface area contributed by atoms with Gasteiger partial charge in [0.25, 0.3) is 0 Å². The van der Waals surface area contributed by atoms with Gasteiger partial charge in [0.15, 0.2) is 0 Å². The lowest BCUT2D eigenvalue weighted by molar-refractivity contribution is -0.147. The predicted octanol–water partition coefficient (Wildman–Crippen LogP) is 0.501. The summed E-state index contributed by atoms with van der Waals surface area (Å²) in [5, 5.41) is 0. The lowest BCUT2D eigenvalue weighted by Gasteiger charge is -2.27. The predicted molar refractivity (Wildman–Crippen MR) is 44.7 cm³/mol. The van der Waals surface area contributed by atoms with Crippen LogP contribution in [0.1, 0.15) is 12.8 Å². The van der Waals surface area contributed by atoms with Crippen molar-refractivity contribution in [3.8, 4) is 0 Å². The summed E-state index contributed by atoms with van der Waals surface area (Å²) in [7, 11) is 1.48. The summed E-state index contributed by atoms with van der Waals surface area (Å²) in [5.41, 5.74) is 0. The van der Waals surface area contributed by atoms with Crippen LogP contribution in [0.25, 0.3) is 0 Å². The van der Waals surface area contributed by atoms with Crippen LogP contribution in [0.2, 0.25) is 0 Å². The summed E-state index contributed by atoms with van der Waals surface area (Å²) < 4.78 is 4.75. The summed E-state index contributed by atoms with van der Waals surface area (Å²) in [6, 6.07) is 0. The van der Waals surface area contributed by atoms with Crippen LogP contribution in [0.4, 0.5) is 0 Å². The van der Waals surface area contributed by atoms with Crippen molar-refractivity contribution in [3.05, 3.63) is 0 Å². The molecular formula is C9H15NO2. The highest BCUT2D eigenvalue weighted by molar-refractivity contribution is 5.72. The number of nitrogens with zero attached hydrogens (tertiary/aromatic N) is 1. The molecule has 2 saturated heterocycles. The molecule has 2 aliphatic rings. The SMILES string of the molecule is COC(=O)[C@H]1C[C@@H]2CCN(C2)C1. The van der Waals surface area contributed by atoms with Gasteiger partial charge in [0, 0.05) is 13.1 Å². The first-order chi connectivity index (χ1) is 5.79. The zero-order valence-electron chi connectivity index (χ0n) is 7.45. The molecule has 2 rings (SSSR count). The van der Waals surface area contributed by atoms with Gasteiger partial charge < -0.3 is 9.64 Å². The summed E-state index contributed by atoms with van der Waals surface area (Å²) in [6.07, 6.45) is 2.32. The molecule has 2 fully saturated rings. The Bertz CT molecular complexity index is 181. The molecule has 0 spiro atoms. The molecule has 0 saturated carbocycles. The van der Waals surface area contributed by atoms with E-state index in [9.17, 15) is 4.79 Å². The second kappa shape index (κ2) is 3.05. The molecule has 3 heteroatoms. The van der Waals surface area contributed by atoms with Crippen LogP contribution in [-0.2, 0) is 9.53 Å². The molecule has 68 valence electrons. The maximum absolute atomic E-state index is 11.2. The third-order valence-corrected chi connectivity index (χ3v) is 3.00. The van der Waals surface area contributed by atoms with Crippen molar-refractivity contribution in [1.29, 1.82) is 0 Å². The van der Waals surface area contributed by atoms with E-state index < -0.39 is 0 Å². The van der Waals surface area contributed by atoms with Gasteiger partial charge in [0.2, 0.25) is 0 Å². The van der Waals surface area contributed by atoms with Gasteiger partial charge in [0.1, 0.15) is 0 Å². The smallest absolute Gasteiger partial charge is 0.309 e. The fraction of sp³-hybridized carbons (Fsp3) is 0.889. The van der Waals surface area contributed by atoms with Crippen molar-refractivity contribution >= 4 is 5.97 Å². The normalized spacial score (nSPS) is 39.6. The Kier molecular flexibility index (Phi) is 2.05. The molecule has 2 heterocycles. The average molecular weight is 169 g/mol. The van der Waals surface area contributed by atoms with Crippen molar-refractivity contribution < 1.29 is 9.53 Å². The zero-order chi connectivity index (χ0) is 8.55. The van der Waals surface area contributed by atoms with Gasteiger partial charge in [-0.1, -0.05) is 0 Å². The molecule has 12 heavy (non-hydrogen) atoms. The molecule has 2 aliphatic heterocycles. The number of methoxy groups -OCH3 is 1. The molecule has 0 radical (unpaired) electrons. The molecule has 0 amide bonds. The fourth-order valence-electron chi connectivity index (χ4n) is 2.40. The van der Waals surface area contributed by atoms with E-state index in [-0.39, 0.29) is 11.9 Å². The van der Waals surface area contributed by atoms with Crippen LogP contribution in [0, 0.1) is 11.8 Å². The molecule has 2 bridgehead atoms. The Morgan fingerprint density at radius 2 is 2.33 bits per heavy atom. The van der Waals surface area contributed by atoms with Crippen molar-refractivity contribution in [1.82, 2.24) is 4.90 Å². The van der Waals surface area contributed by atoms with Crippen LogP contribution < -0.4 is 0 Å². The van der Waals surface area contributed by atoms with E-state index in [0.717, 1.165) is 18.9 Å². The van der Waals surface area contributed by atoms with E-state index in [1.165, 1.54) is 26.6 Å². The minimum Gasteiger partial charge on any atom is -0.469 e. The third-order valence-electron chi connectivity index (χ3n) is 3.00. The first-order valence-electron chi connectivity index (χ1n) is 4.60. The quantitative estimate of drug-likeness (QED) is 0.535. The van der Waals surface area contributed by atoms with Gasteiger partial charge in [-0.25, -0.2) is 0 Å². The number of hydrogen-bond donors (Lipinski definition) is 0. The Morgan fingerprint density at radius 1 is 1.50 bits per heavy atom. The second-order valence-electron chi connectivity index (χ2n) is 3.87. The third kappa shape index (κ3) is 1.33. The Labute approximate surface area is 72.7 Å². The standard InChI is InChI=1S/C9H15NO2/c1-12-9(11)8-4-7-2-3-10(5-7)6-8/h7-8H,2-6H2,1H3/t7-,8-/m0/s1. The summed E-state index contributed by atoms with van der Waals surface area (Å²) in [5.74, 6) is 0.880. The van der Waals surface area contributed by atoms with E-state index in [1.54, 1.807) is 0 Å². The fourth-order valence-corrected chi connectivity index (χ4v) is 2.40. The van der Waals surface area contributed by atoms with E-state index in [1.807, 2.05) is 0 Å². The van der Waals surface area contributed by atoms with Gasteiger partial charge in [-0.2, -0.15) is 0 Å². The minimum absolute atomic E-state index is 0.0217. The second-order valence-corrected chi connectivity index (χ2v) is 3.87. The van der Waals surface area contributed by atoms with Crippen molar-refractivity contribution in [3.63, 3.8) is 0 Å². The molecule has 3 atom stereocenters. The van der Waals surface area contributed by atoms with E-state index >= 15 is 0 Å². The maximum Gasteiger partial charge on any atom is 0.309 e. The van der Waals surface area contributed by atoms with E-state index in [2.05, 4.69) is 4.90 Å². The number of carbonyl (C=O) groups excluding carboxylic acids is 1. The average Bonchev–Trinajstić information content (AvgIpc) is 2.44. The van der Waals surface area contributed by atoms with Crippen molar-refractivity contribution in [2.24, 2.45) is 11.8 Å². The monoisotopic (exact) mass is 169 g/mol. The van der Waals surface area contributed by atoms with Gasteiger partial charge in [0.05, 0.1) is 13.0 Å². The highest BCUT2D eigenvalue weighted by Gasteiger charge is 2.35. The molecule has 3 nitrogen and oxygen atoms in total. The van der Waals surface area contributed by atoms with E-state index in [0.29, 0.717) is 0 Å². The largest absolute Gasteiger partial charge is 0.469 e. The van der Waals surface area contributed by atoms with Gasteiger partial charge in [-0.15, -0.1) is 0 Å².